The van der Waals surface area contributed by atoms with Crippen molar-refractivity contribution < 1.29 is 0 Å². The van der Waals surface area contributed by atoms with Gasteiger partial charge in [-0.15, -0.1) is 0 Å². The summed E-state index contributed by atoms with van der Waals surface area (Å²) in [5.41, 5.74) is 2.97. The average molecular weight is 230 g/mol. The zero-order valence-corrected chi connectivity index (χ0v) is 10.2. The molecular formula is C14H18N2O. The Hall–Kier alpha value is -1.35. The van der Waals surface area contributed by atoms with Gasteiger partial charge in [0.25, 0.3) is 5.56 Å². The maximum Gasteiger partial charge on any atom is 0.258 e. The largest absolute Gasteiger partial charge is 0.316 e. The molecule has 2 bridgehead atoms. The summed E-state index contributed by atoms with van der Waals surface area (Å²) in [5.74, 6) is 1.12. The van der Waals surface area contributed by atoms with Crippen molar-refractivity contribution in [2.45, 2.75) is 25.8 Å². The van der Waals surface area contributed by atoms with Crippen molar-refractivity contribution in [3.05, 3.63) is 40.3 Å². The van der Waals surface area contributed by atoms with E-state index in [1.165, 1.54) is 12.1 Å². The lowest BCUT2D eigenvalue weighted by Gasteiger charge is -2.37. The molecule has 2 unspecified atom stereocenters. The molecule has 2 aliphatic heterocycles. The van der Waals surface area contributed by atoms with Gasteiger partial charge in [-0.25, -0.2) is 0 Å². The third-order valence-corrected chi connectivity index (χ3v) is 3.97. The van der Waals surface area contributed by atoms with E-state index in [2.05, 4.69) is 18.0 Å². The molecule has 90 valence electrons. The van der Waals surface area contributed by atoms with E-state index in [-0.39, 0.29) is 5.56 Å². The lowest BCUT2D eigenvalue weighted by molar-refractivity contribution is 0.257. The zero-order chi connectivity index (χ0) is 12.0. The van der Waals surface area contributed by atoms with Crippen LogP contribution in [0.2, 0.25) is 0 Å². The molecule has 1 aromatic heterocycles. The van der Waals surface area contributed by atoms with Crippen molar-refractivity contribution in [2.24, 2.45) is 5.92 Å². The van der Waals surface area contributed by atoms with Crippen LogP contribution in [0.25, 0.3) is 5.57 Å². The van der Waals surface area contributed by atoms with Crippen LogP contribution in [0.3, 0.4) is 0 Å². The minimum atomic E-state index is 0.145. The van der Waals surface area contributed by atoms with E-state index in [0.29, 0.717) is 11.8 Å². The van der Waals surface area contributed by atoms with Crippen LogP contribution in [0.5, 0.6) is 0 Å². The summed E-state index contributed by atoms with van der Waals surface area (Å²) in [6, 6.07) is 4.05. The van der Waals surface area contributed by atoms with Crippen LogP contribution in [0.4, 0.5) is 0 Å². The molecular weight excluding hydrogens is 212 g/mol. The molecule has 1 N–H and O–H groups in total. The number of pyridine rings is 1. The molecule has 3 heterocycles. The number of fused-ring (bicyclic) bond motifs is 4. The molecule has 1 saturated heterocycles. The van der Waals surface area contributed by atoms with E-state index in [4.69, 9.17) is 0 Å². The highest BCUT2D eigenvalue weighted by Crippen LogP contribution is 2.31. The Morgan fingerprint density at radius 1 is 1.47 bits per heavy atom. The van der Waals surface area contributed by atoms with Crippen LogP contribution in [0.1, 0.15) is 30.5 Å². The Kier molecular flexibility index (Phi) is 2.44. The van der Waals surface area contributed by atoms with Crippen molar-refractivity contribution >= 4 is 5.57 Å². The fraction of sp³-hybridized carbons (Fsp3) is 0.500. The van der Waals surface area contributed by atoms with Gasteiger partial charge in [0.1, 0.15) is 0 Å². The molecule has 2 aliphatic rings. The third-order valence-electron chi connectivity index (χ3n) is 3.97. The van der Waals surface area contributed by atoms with Gasteiger partial charge in [0.15, 0.2) is 0 Å². The summed E-state index contributed by atoms with van der Waals surface area (Å²) in [4.78, 5) is 12.4. The molecule has 3 nitrogen and oxygen atoms in total. The van der Waals surface area contributed by atoms with Gasteiger partial charge in [-0.2, -0.15) is 0 Å². The Morgan fingerprint density at radius 2 is 2.29 bits per heavy atom. The first-order chi connectivity index (χ1) is 8.16. The number of nitrogens with zero attached hydrogens (tertiary/aromatic N) is 1. The molecule has 2 atom stereocenters. The van der Waals surface area contributed by atoms with Crippen molar-refractivity contribution in [2.75, 3.05) is 13.1 Å². The Labute approximate surface area is 101 Å². The van der Waals surface area contributed by atoms with Crippen LogP contribution in [-0.4, -0.2) is 17.7 Å². The van der Waals surface area contributed by atoms with Crippen LogP contribution in [-0.2, 0) is 6.54 Å². The fourth-order valence-electron chi connectivity index (χ4n) is 3.12. The first-order valence-corrected chi connectivity index (χ1v) is 6.27. The molecule has 0 aliphatic carbocycles. The second kappa shape index (κ2) is 3.84. The van der Waals surface area contributed by atoms with Crippen molar-refractivity contribution in [1.29, 1.82) is 0 Å². The smallest absolute Gasteiger partial charge is 0.258 e. The first-order valence-electron chi connectivity index (χ1n) is 6.27. The van der Waals surface area contributed by atoms with Crippen molar-refractivity contribution in [3.8, 4) is 0 Å². The Morgan fingerprint density at radius 3 is 3.06 bits per heavy atom. The quantitative estimate of drug-likeness (QED) is 0.795. The maximum absolute atomic E-state index is 12.4. The third kappa shape index (κ3) is 1.65. The van der Waals surface area contributed by atoms with Gasteiger partial charge < -0.3 is 9.88 Å². The van der Waals surface area contributed by atoms with Crippen LogP contribution in [0, 0.1) is 5.92 Å². The topological polar surface area (TPSA) is 34.0 Å². The number of piperidine rings is 1. The fourth-order valence-corrected chi connectivity index (χ4v) is 3.12. The van der Waals surface area contributed by atoms with Gasteiger partial charge in [-0.1, -0.05) is 6.58 Å². The van der Waals surface area contributed by atoms with Gasteiger partial charge in [-0.05, 0) is 43.5 Å². The summed E-state index contributed by atoms with van der Waals surface area (Å²) in [6.45, 7) is 8.68. The number of aromatic nitrogens is 1. The molecule has 0 saturated carbocycles. The lowest BCUT2D eigenvalue weighted by atomic mass is 9.84. The molecule has 0 radical (unpaired) electrons. The van der Waals surface area contributed by atoms with E-state index >= 15 is 0 Å². The zero-order valence-electron chi connectivity index (χ0n) is 10.2. The van der Waals surface area contributed by atoms with Crippen LogP contribution >= 0.6 is 0 Å². The molecule has 1 fully saturated rings. The lowest BCUT2D eigenvalue weighted by Crippen LogP contribution is -2.45. The molecule has 3 heteroatoms. The van der Waals surface area contributed by atoms with Gasteiger partial charge in [0, 0.05) is 30.3 Å². The van der Waals surface area contributed by atoms with Crippen LogP contribution < -0.4 is 10.9 Å². The first kappa shape index (κ1) is 10.8. The number of nitrogens with one attached hydrogen (secondary N) is 1. The highest BCUT2D eigenvalue weighted by molar-refractivity contribution is 5.60. The minimum Gasteiger partial charge on any atom is -0.316 e. The maximum atomic E-state index is 12.4. The highest BCUT2D eigenvalue weighted by Gasteiger charge is 2.31. The molecule has 1 aromatic rings. The average Bonchev–Trinajstić information content (AvgIpc) is 2.30. The standard InChI is InChI=1S/C14H18N2O/c1-9(2)12-3-4-13-11-5-10(6-15-7-11)8-16(13)14(12)17/h3-4,10-11,15H,1,5-8H2,2H3. The summed E-state index contributed by atoms with van der Waals surface area (Å²) in [7, 11) is 0. The van der Waals surface area contributed by atoms with Crippen LogP contribution in [0.15, 0.2) is 23.5 Å². The summed E-state index contributed by atoms with van der Waals surface area (Å²) in [6.07, 6.45) is 1.22. The predicted octanol–water partition coefficient (Wildman–Crippen LogP) is 1.59. The second-order valence-corrected chi connectivity index (χ2v) is 5.32. The van der Waals surface area contributed by atoms with Gasteiger partial charge in [-0.3, -0.25) is 4.79 Å². The van der Waals surface area contributed by atoms with Crippen molar-refractivity contribution in [3.63, 3.8) is 0 Å². The molecule has 0 spiro atoms. The Balaban J connectivity index is 2.15. The normalized spacial score (nSPS) is 26.4. The van der Waals surface area contributed by atoms with E-state index < -0.39 is 0 Å². The van der Waals surface area contributed by atoms with Gasteiger partial charge >= 0.3 is 0 Å². The van der Waals surface area contributed by atoms with E-state index in [9.17, 15) is 4.79 Å². The molecule has 0 amide bonds. The molecule has 3 rings (SSSR count). The number of hydrogen-bond acceptors (Lipinski definition) is 2. The summed E-state index contributed by atoms with van der Waals surface area (Å²) >= 11 is 0. The van der Waals surface area contributed by atoms with Gasteiger partial charge in [0.05, 0.1) is 0 Å². The highest BCUT2D eigenvalue weighted by atomic mass is 16.1. The summed E-state index contributed by atoms with van der Waals surface area (Å²) in [5, 5.41) is 3.45. The second-order valence-electron chi connectivity index (χ2n) is 5.32. The number of hydrogen-bond donors (Lipinski definition) is 1. The predicted molar refractivity (Wildman–Crippen MR) is 69.1 cm³/mol. The molecule has 0 aromatic carbocycles. The minimum absolute atomic E-state index is 0.145. The van der Waals surface area contributed by atoms with E-state index in [1.54, 1.807) is 0 Å². The van der Waals surface area contributed by atoms with Gasteiger partial charge in [0.2, 0.25) is 0 Å². The Bertz CT molecular complexity index is 530. The van der Waals surface area contributed by atoms with E-state index in [0.717, 1.165) is 30.8 Å². The summed E-state index contributed by atoms with van der Waals surface area (Å²) < 4.78 is 1.98. The van der Waals surface area contributed by atoms with E-state index in [1.807, 2.05) is 17.6 Å². The SMILES string of the molecule is C=C(C)c1ccc2n(c1=O)CC1CNCC2C1. The monoisotopic (exact) mass is 230 g/mol. The number of rotatable bonds is 1. The number of allylic oxidation sites excluding steroid dienone is 1. The van der Waals surface area contributed by atoms with Crippen molar-refractivity contribution in [1.82, 2.24) is 9.88 Å². The molecule has 17 heavy (non-hydrogen) atoms.